The van der Waals surface area contributed by atoms with Crippen molar-refractivity contribution >= 4 is 21.8 Å². The van der Waals surface area contributed by atoms with Crippen LogP contribution >= 0.6 is 0 Å². The number of nitrogens with zero attached hydrogens (tertiary/aromatic N) is 4. The number of halogens is 3. The maximum atomic E-state index is 13.3. The van der Waals surface area contributed by atoms with Gasteiger partial charge in [-0.1, -0.05) is 24.3 Å². The van der Waals surface area contributed by atoms with Crippen LogP contribution < -0.4 is 0 Å². The summed E-state index contributed by atoms with van der Waals surface area (Å²) < 4.78 is 41.5. The predicted octanol–water partition coefficient (Wildman–Crippen LogP) is 5.42. The molecule has 1 heterocycles. The van der Waals surface area contributed by atoms with Crippen LogP contribution in [0.3, 0.4) is 0 Å². The molecule has 29 heavy (non-hydrogen) atoms. The van der Waals surface area contributed by atoms with Crippen LogP contribution in [0.1, 0.15) is 22.3 Å². The number of para-hydroxylation sites is 1. The van der Waals surface area contributed by atoms with Crippen LogP contribution in [0.5, 0.6) is 0 Å². The highest BCUT2D eigenvalue weighted by molar-refractivity contribution is 6.09. The van der Waals surface area contributed by atoms with Gasteiger partial charge in [-0.2, -0.15) is 29.0 Å². The van der Waals surface area contributed by atoms with Gasteiger partial charge in [0.2, 0.25) is 0 Å². The van der Waals surface area contributed by atoms with Crippen molar-refractivity contribution in [2.24, 2.45) is 0 Å². The first-order valence-electron chi connectivity index (χ1n) is 8.38. The third-order valence-electron chi connectivity index (χ3n) is 4.70. The number of hydrogen-bond acceptors (Lipinski definition) is 3. The summed E-state index contributed by atoms with van der Waals surface area (Å²) in [6.07, 6.45) is -4.55. The number of alkyl halides is 3. The first-order chi connectivity index (χ1) is 13.9. The Hall–Kier alpha value is -4.28. The number of rotatable bonds is 1. The number of aromatic nitrogens is 1. The molecular formula is C22H9F3N4. The fraction of sp³-hybridized carbons (Fsp3) is 0.0455. The number of hydrogen-bond donors (Lipinski definition) is 0. The summed E-state index contributed by atoms with van der Waals surface area (Å²) in [5.41, 5.74) is 0.275. The van der Waals surface area contributed by atoms with E-state index < -0.39 is 11.7 Å². The average molecular weight is 386 g/mol. The Kier molecular flexibility index (Phi) is 4.00. The molecule has 4 aromatic rings. The molecule has 4 nitrogen and oxygen atoms in total. The minimum absolute atomic E-state index is 0.0284. The van der Waals surface area contributed by atoms with Gasteiger partial charge in [-0.05, 0) is 30.3 Å². The maximum absolute atomic E-state index is 13.3. The van der Waals surface area contributed by atoms with E-state index in [9.17, 15) is 23.7 Å². The maximum Gasteiger partial charge on any atom is 0.416 e. The summed E-state index contributed by atoms with van der Waals surface area (Å²) in [6.45, 7) is 0. The molecule has 0 bridgehead atoms. The second kappa shape index (κ2) is 6.41. The van der Waals surface area contributed by atoms with Crippen LogP contribution in [0.25, 0.3) is 27.5 Å². The molecule has 3 aromatic carbocycles. The van der Waals surface area contributed by atoms with Crippen LogP contribution in [0.2, 0.25) is 0 Å². The van der Waals surface area contributed by atoms with Crippen molar-refractivity contribution in [1.82, 2.24) is 4.57 Å². The van der Waals surface area contributed by atoms with Gasteiger partial charge >= 0.3 is 6.18 Å². The molecule has 0 N–H and O–H groups in total. The molecule has 0 saturated carbocycles. The zero-order chi connectivity index (χ0) is 20.8. The van der Waals surface area contributed by atoms with Crippen LogP contribution in [0.4, 0.5) is 13.2 Å². The fourth-order valence-electron chi connectivity index (χ4n) is 3.50. The highest BCUT2D eigenvalue weighted by Crippen LogP contribution is 2.38. The lowest BCUT2D eigenvalue weighted by atomic mass is 10.0. The smallest absolute Gasteiger partial charge is 0.307 e. The molecular weight excluding hydrogens is 377 g/mol. The van der Waals surface area contributed by atoms with Crippen molar-refractivity contribution in [2.75, 3.05) is 0 Å². The highest BCUT2D eigenvalue weighted by Gasteiger charge is 2.31. The van der Waals surface area contributed by atoms with E-state index in [-0.39, 0.29) is 27.9 Å². The predicted molar refractivity (Wildman–Crippen MR) is 99.9 cm³/mol. The van der Waals surface area contributed by atoms with Gasteiger partial charge in [0.25, 0.3) is 0 Å². The molecule has 0 unspecified atom stereocenters. The van der Waals surface area contributed by atoms with E-state index in [1.807, 2.05) is 18.2 Å². The van der Waals surface area contributed by atoms with Crippen molar-refractivity contribution in [3.8, 4) is 23.9 Å². The van der Waals surface area contributed by atoms with E-state index in [2.05, 4.69) is 0 Å². The lowest BCUT2D eigenvalue weighted by Crippen LogP contribution is -2.06. The average Bonchev–Trinajstić information content (AvgIpc) is 3.05. The summed E-state index contributed by atoms with van der Waals surface area (Å²) in [6, 6.07) is 18.8. The summed E-state index contributed by atoms with van der Waals surface area (Å²) in [5.74, 6) is 0. The Morgan fingerprint density at radius 3 is 1.93 bits per heavy atom. The Morgan fingerprint density at radius 1 is 0.724 bits per heavy atom. The Morgan fingerprint density at radius 2 is 1.34 bits per heavy atom. The lowest BCUT2D eigenvalue weighted by Gasteiger charge is -2.13. The zero-order valence-corrected chi connectivity index (χ0v) is 14.6. The van der Waals surface area contributed by atoms with E-state index in [0.29, 0.717) is 16.3 Å². The molecule has 1 aromatic heterocycles. The molecule has 0 fully saturated rings. The Bertz CT molecular complexity index is 1390. The molecule has 138 valence electrons. The van der Waals surface area contributed by atoms with Crippen LogP contribution in [-0.4, -0.2) is 4.57 Å². The largest absolute Gasteiger partial charge is 0.416 e. The van der Waals surface area contributed by atoms with Gasteiger partial charge in [0.1, 0.15) is 12.1 Å². The van der Waals surface area contributed by atoms with Crippen LogP contribution in [-0.2, 0) is 6.18 Å². The fourth-order valence-corrected chi connectivity index (χ4v) is 3.50. The zero-order valence-electron chi connectivity index (χ0n) is 14.6. The molecule has 0 radical (unpaired) electrons. The quantitative estimate of drug-likeness (QED) is 0.438. The van der Waals surface area contributed by atoms with E-state index in [0.717, 1.165) is 12.1 Å². The molecule has 0 aliphatic heterocycles. The monoisotopic (exact) mass is 386 g/mol. The minimum atomic E-state index is -4.55. The number of fused-ring (bicyclic) bond motifs is 3. The third-order valence-corrected chi connectivity index (χ3v) is 4.70. The molecule has 0 spiro atoms. The van der Waals surface area contributed by atoms with Crippen LogP contribution in [0, 0.1) is 34.0 Å². The van der Waals surface area contributed by atoms with Crippen LogP contribution in [0.15, 0.2) is 54.6 Å². The van der Waals surface area contributed by atoms with Gasteiger partial charge in [0.05, 0.1) is 45.0 Å². The molecule has 0 atom stereocenters. The minimum Gasteiger partial charge on any atom is -0.307 e. The summed E-state index contributed by atoms with van der Waals surface area (Å²) in [5, 5.41) is 29.7. The van der Waals surface area contributed by atoms with Crippen molar-refractivity contribution in [3.05, 3.63) is 76.9 Å². The van der Waals surface area contributed by atoms with E-state index in [1.165, 1.54) is 22.8 Å². The van der Waals surface area contributed by atoms with Crippen molar-refractivity contribution in [2.45, 2.75) is 6.18 Å². The Balaban J connectivity index is 2.24. The molecule has 4 rings (SSSR count). The first-order valence-corrected chi connectivity index (χ1v) is 8.38. The highest BCUT2D eigenvalue weighted by atomic mass is 19.4. The summed E-state index contributed by atoms with van der Waals surface area (Å²) in [7, 11) is 0. The van der Waals surface area contributed by atoms with E-state index in [1.54, 1.807) is 24.3 Å². The van der Waals surface area contributed by atoms with Crippen molar-refractivity contribution < 1.29 is 13.2 Å². The third kappa shape index (κ3) is 2.76. The lowest BCUT2D eigenvalue weighted by molar-refractivity contribution is -0.137. The standard InChI is InChI=1S/C22H9F3N4/c23-22(24,25)16-5-6-18-17-3-1-2-4-19(17)29(20(18)9-16)21-14(11-27)7-13(10-26)8-15(21)12-28/h1-9H. The van der Waals surface area contributed by atoms with Gasteiger partial charge in [-0.25, -0.2) is 0 Å². The topological polar surface area (TPSA) is 76.3 Å². The number of nitriles is 3. The first kappa shape index (κ1) is 18.1. The molecule has 0 aliphatic carbocycles. The molecule has 0 saturated heterocycles. The Labute approximate surface area is 162 Å². The van der Waals surface area contributed by atoms with Gasteiger partial charge in [0.15, 0.2) is 0 Å². The second-order valence-electron chi connectivity index (χ2n) is 6.34. The van der Waals surface area contributed by atoms with Gasteiger partial charge < -0.3 is 4.57 Å². The number of benzene rings is 3. The summed E-state index contributed by atoms with van der Waals surface area (Å²) >= 11 is 0. The molecule has 0 aliphatic rings. The summed E-state index contributed by atoms with van der Waals surface area (Å²) in [4.78, 5) is 0. The van der Waals surface area contributed by atoms with Gasteiger partial charge in [0, 0.05) is 10.8 Å². The van der Waals surface area contributed by atoms with E-state index in [4.69, 9.17) is 5.26 Å². The van der Waals surface area contributed by atoms with Crippen molar-refractivity contribution in [1.29, 1.82) is 15.8 Å². The molecule has 0 amide bonds. The van der Waals surface area contributed by atoms with Gasteiger partial charge in [-0.3, -0.25) is 0 Å². The van der Waals surface area contributed by atoms with E-state index >= 15 is 0 Å². The normalized spacial score (nSPS) is 11.2. The van der Waals surface area contributed by atoms with Gasteiger partial charge in [-0.15, -0.1) is 0 Å². The second-order valence-corrected chi connectivity index (χ2v) is 6.34. The van der Waals surface area contributed by atoms with Crippen molar-refractivity contribution in [3.63, 3.8) is 0 Å². The SMILES string of the molecule is N#Cc1cc(C#N)c(-n2c3ccccc3c3ccc(C(F)(F)F)cc32)c(C#N)c1. The molecule has 7 heteroatoms.